The van der Waals surface area contributed by atoms with Crippen LogP contribution in [-0.4, -0.2) is 28.8 Å². The Kier molecular flexibility index (Phi) is 3.85. The molecule has 0 fully saturated rings. The van der Waals surface area contributed by atoms with Gasteiger partial charge in [0.05, 0.1) is 4.92 Å². The molecule has 1 amide bonds. The quantitative estimate of drug-likeness (QED) is 0.475. The van der Waals surface area contributed by atoms with Crippen LogP contribution in [0.3, 0.4) is 0 Å². The Balaban J connectivity index is 2.27. The van der Waals surface area contributed by atoms with Gasteiger partial charge in [0.25, 0.3) is 11.6 Å². The van der Waals surface area contributed by atoms with E-state index in [-0.39, 0.29) is 16.6 Å². The molecule has 0 saturated heterocycles. The Morgan fingerprint density at radius 3 is 2.84 bits per heavy atom. The average Bonchev–Trinajstić information content (AvgIpc) is 2.38. The fraction of sp³-hybridized carbons (Fsp3) is 0.308. The predicted octanol–water partition coefficient (Wildman–Crippen LogP) is 3.04. The van der Waals surface area contributed by atoms with Crippen LogP contribution >= 0.6 is 11.6 Å². The van der Waals surface area contributed by atoms with E-state index in [4.69, 9.17) is 11.6 Å². The summed E-state index contributed by atoms with van der Waals surface area (Å²) in [4.78, 5) is 24.2. The summed E-state index contributed by atoms with van der Waals surface area (Å²) in [5, 5.41) is 10.9. The molecule has 2 rings (SSSR count). The number of benzene rings is 1. The molecule has 0 spiro atoms. The van der Waals surface area contributed by atoms with Crippen LogP contribution in [0, 0.1) is 10.1 Å². The molecule has 1 aliphatic heterocycles. The SMILES string of the molecule is CC1=CCCN(C(=O)c2ccc(Cl)c([N+](=O)[O-])c2)C1. The first kappa shape index (κ1) is 13.5. The Morgan fingerprint density at radius 2 is 2.21 bits per heavy atom. The lowest BCUT2D eigenvalue weighted by molar-refractivity contribution is -0.384. The van der Waals surface area contributed by atoms with Gasteiger partial charge in [-0.15, -0.1) is 0 Å². The molecule has 0 unspecified atom stereocenters. The van der Waals surface area contributed by atoms with E-state index in [1.807, 2.05) is 6.92 Å². The molecule has 0 bridgehead atoms. The van der Waals surface area contributed by atoms with Gasteiger partial charge in [-0.2, -0.15) is 0 Å². The van der Waals surface area contributed by atoms with Crippen LogP contribution in [0.25, 0.3) is 0 Å². The van der Waals surface area contributed by atoms with Crippen molar-refractivity contribution in [2.24, 2.45) is 0 Å². The number of amides is 1. The van der Waals surface area contributed by atoms with Gasteiger partial charge in [-0.05, 0) is 25.5 Å². The Bertz CT molecular complexity index is 569. The molecule has 0 saturated carbocycles. The molecule has 6 heteroatoms. The van der Waals surface area contributed by atoms with Crippen molar-refractivity contribution in [2.75, 3.05) is 13.1 Å². The Hall–Kier alpha value is -1.88. The van der Waals surface area contributed by atoms with Gasteiger partial charge in [-0.1, -0.05) is 23.3 Å². The molecule has 1 aliphatic rings. The van der Waals surface area contributed by atoms with Crippen molar-refractivity contribution < 1.29 is 9.72 Å². The summed E-state index contributed by atoms with van der Waals surface area (Å²) in [6.45, 7) is 3.16. The first-order valence-corrected chi connectivity index (χ1v) is 6.25. The van der Waals surface area contributed by atoms with Gasteiger partial charge in [0.15, 0.2) is 0 Å². The number of carbonyl (C=O) groups excluding carboxylic acids is 1. The topological polar surface area (TPSA) is 63.5 Å². The zero-order valence-corrected chi connectivity index (χ0v) is 11.2. The first-order valence-electron chi connectivity index (χ1n) is 5.88. The Morgan fingerprint density at radius 1 is 1.47 bits per heavy atom. The third-order valence-corrected chi connectivity index (χ3v) is 3.33. The molecular weight excluding hydrogens is 268 g/mol. The third kappa shape index (κ3) is 2.93. The maximum atomic E-state index is 12.3. The van der Waals surface area contributed by atoms with E-state index in [0.29, 0.717) is 18.7 Å². The highest BCUT2D eigenvalue weighted by Gasteiger charge is 2.21. The van der Waals surface area contributed by atoms with Crippen LogP contribution in [0.15, 0.2) is 29.8 Å². The van der Waals surface area contributed by atoms with Crippen LogP contribution in [0.1, 0.15) is 23.7 Å². The summed E-state index contributed by atoms with van der Waals surface area (Å²) in [5.41, 5.74) is 1.19. The fourth-order valence-corrected chi connectivity index (χ4v) is 2.24. The maximum absolute atomic E-state index is 12.3. The number of carbonyl (C=O) groups is 1. The minimum absolute atomic E-state index is 0.0382. The first-order chi connectivity index (χ1) is 8.99. The summed E-state index contributed by atoms with van der Waals surface area (Å²) in [5.74, 6) is -0.202. The zero-order chi connectivity index (χ0) is 14.0. The summed E-state index contributed by atoms with van der Waals surface area (Å²) < 4.78 is 0. The summed E-state index contributed by atoms with van der Waals surface area (Å²) in [6.07, 6.45) is 2.90. The number of rotatable bonds is 2. The van der Waals surface area contributed by atoms with E-state index < -0.39 is 4.92 Å². The predicted molar refractivity (Wildman–Crippen MR) is 72.4 cm³/mol. The average molecular weight is 281 g/mol. The van der Waals surface area contributed by atoms with Crippen LogP contribution in [0.4, 0.5) is 5.69 Å². The molecule has 1 aromatic carbocycles. The lowest BCUT2D eigenvalue weighted by Crippen LogP contribution is -2.35. The second-order valence-corrected chi connectivity index (χ2v) is 4.90. The molecule has 0 radical (unpaired) electrons. The molecule has 1 heterocycles. The lowest BCUT2D eigenvalue weighted by atomic mass is 10.1. The normalized spacial score (nSPS) is 15.1. The molecule has 0 N–H and O–H groups in total. The third-order valence-electron chi connectivity index (χ3n) is 3.01. The van der Waals surface area contributed by atoms with Gasteiger partial charge in [0.2, 0.25) is 0 Å². The number of nitro groups is 1. The monoisotopic (exact) mass is 280 g/mol. The molecule has 19 heavy (non-hydrogen) atoms. The second-order valence-electron chi connectivity index (χ2n) is 4.49. The molecule has 5 nitrogen and oxygen atoms in total. The zero-order valence-electron chi connectivity index (χ0n) is 10.4. The van der Waals surface area contributed by atoms with E-state index in [1.165, 1.54) is 18.2 Å². The van der Waals surface area contributed by atoms with Crippen LogP contribution < -0.4 is 0 Å². The molecule has 0 aliphatic carbocycles. The maximum Gasteiger partial charge on any atom is 0.288 e. The molecular formula is C13H13ClN2O3. The number of hydrogen-bond acceptors (Lipinski definition) is 3. The van der Waals surface area contributed by atoms with E-state index in [1.54, 1.807) is 4.90 Å². The van der Waals surface area contributed by atoms with E-state index >= 15 is 0 Å². The van der Waals surface area contributed by atoms with Crippen LogP contribution in [-0.2, 0) is 0 Å². The van der Waals surface area contributed by atoms with Gasteiger partial charge in [-0.3, -0.25) is 14.9 Å². The molecule has 1 aromatic rings. The van der Waals surface area contributed by atoms with Gasteiger partial charge in [0.1, 0.15) is 5.02 Å². The lowest BCUT2D eigenvalue weighted by Gasteiger charge is -2.26. The van der Waals surface area contributed by atoms with Crippen molar-refractivity contribution in [2.45, 2.75) is 13.3 Å². The number of nitrogens with zero attached hydrogens (tertiary/aromatic N) is 2. The van der Waals surface area contributed by atoms with Crippen LogP contribution in [0.2, 0.25) is 5.02 Å². The second kappa shape index (κ2) is 5.40. The van der Waals surface area contributed by atoms with Crippen molar-refractivity contribution in [3.8, 4) is 0 Å². The molecule has 0 atom stereocenters. The van der Waals surface area contributed by atoms with Crippen LogP contribution in [0.5, 0.6) is 0 Å². The molecule has 0 aromatic heterocycles. The van der Waals surface area contributed by atoms with Crippen molar-refractivity contribution >= 4 is 23.2 Å². The molecule has 100 valence electrons. The van der Waals surface area contributed by atoms with Crippen molar-refractivity contribution in [1.82, 2.24) is 4.90 Å². The highest BCUT2D eigenvalue weighted by molar-refractivity contribution is 6.32. The van der Waals surface area contributed by atoms with E-state index in [2.05, 4.69) is 6.08 Å². The standard InChI is InChI=1S/C13H13ClN2O3/c1-9-3-2-6-15(8-9)13(17)10-4-5-11(14)12(7-10)16(18)19/h3-5,7H,2,6,8H2,1H3. The summed E-state index contributed by atoms with van der Waals surface area (Å²) in [7, 11) is 0. The number of halogens is 1. The van der Waals surface area contributed by atoms with E-state index in [9.17, 15) is 14.9 Å². The van der Waals surface area contributed by atoms with Gasteiger partial charge in [0, 0.05) is 24.7 Å². The van der Waals surface area contributed by atoms with Gasteiger partial charge < -0.3 is 4.90 Å². The van der Waals surface area contributed by atoms with Gasteiger partial charge in [-0.25, -0.2) is 0 Å². The summed E-state index contributed by atoms with van der Waals surface area (Å²) in [6, 6.07) is 4.14. The fourth-order valence-electron chi connectivity index (χ4n) is 2.05. The largest absolute Gasteiger partial charge is 0.334 e. The Labute approximate surface area is 115 Å². The van der Waals surface area contributed by atoms with Crippen molar-refractivity contribution in [3.63, 3.8) is 0 Å². The van der Waals surface area contributed by atoms with E-state index in [0.717, 1.165) is 12.0 Å². The number of hydrogen-bond donors (Lipinski definition) is 0. The minimum atomic E-state index is -0.583. The van der Waals surface area contributed by atoms with Crippen molar-refractivity contribution in [3.05, 3.63) is 50.5 Å². The minimum Gasteiger partial charge on any atom is -0.334 e. The highest BCUT2D eigenvalue weighted by Crippen LogP contribution is 2.26. The number of nitro benzene ring substituents is 1. The summed E-state index contributed by atoms with van der Waals surface area (Å²) >= 11 is 5.73. The smallest absolute Gasteiger partial charge is 0.288 e. The van der Waals surface area contributed by atoms with Gasteiger partial charge >= 0.3 is 0 Å². The van der Waals surface area contributed by atoms with Crippen molar-refractivity contribution in [1.29, 1.82) is 0 Å². The highest BCUT2D eigenvalue weighted by atomic mass is 35.5.